The highest BCUT2D eigenvalue weighted by atomic mass is 32.2. The Labute approximate surface area is 173 Å². The number of benzene rings is 2. The van der Waals surface area contributed by atoms with Crippen LogP contribution in [0.4, 0.5) is 10.1 Å². The van der Waals surface area contributed by atoms with Gasteiger partial charge in [0.05, 0.1) is 16.3 Å². The molecule has 146 valence electrons. The molecule has 0 saturated carbocycles. The van der Waals surface area contributed by atoms with Gasteiger partial charge in [-0.15, -0.1) is 0 Å². The van der Waals surface area contributed by atoms with E-state index in [1.807, 2.05) is 67.8 Å². The fourth-order valence-electron chi connectivity index (χ4n) is 3.30. The number of amidine groups is 1. The number of aromatic nitrogens is 1. The highest BCUT2D eigenvalue weighted by molar-refractivity contribution is 8.18. The van der Waals surface area contributed by atoms with E-state index in [1.165, 1.54) is 17.8 Å². The van der Waals surface area contributed by atoms with Gasteiger partial charge in [0.2, 0.25) is 0 Å². The molecule has 4 nitrogen and oxygen atoms in total. The van der Waals surface area contributed by atoms with Crippen LogP contribution in [0.3, 0.4) is 0 Å². The number of halogens is 1. The van der Waals surface area contributed by atoms with Gasteiger partial charge in [-0.2, -0.15) is 0 Å². The van der Waals surface area contributed by atoms with Gasteiger partial charge in [0.1, 0.15) is 5.82 Å². The monoisotopic (exact) mass is 405 g/mol. The molecule has 29 heavy (non-hydrogen) atoms. The van der Waals surface area contributed by atoms with Crippen molar-refractivity contribution >= 4 is 34.6 Å². The second-order valence-corrected chi connectivity index (χ2v) is 7.96. The SMILES string of the molecule is Cc1ccc(N=C2NC(=O)/C(=C\c3cc(C)n(-c4ccccc4F)c3C)S2)cc1. The Hall–Kier alpha value is -3.12. The van der Waals surface area contributed by atoms with Gasteiger partial charge in [-0.25, -0.2) is 9.38 Å². The second-order valence-electron chi connectivity index (χ2n) is 6.93. The molecule has 4 rings (SSSR count). The lowest BCUT2D eigenvalue weighted by Gasteiger charge is -2.10. The number of aliphatic imine (C=N–C) groups is 1. The number of rotatable bonds is 3. The van der Waals surface area contributed by atoms with Gasteiger partial charge in [0, 0.05) is 11.4 Å². The normalized spacial score (nSPS) is 16.6. The maximum Gasteiger partial charge on any atom is 0.264 e. The topological polar surface area (TPSA) is 46.4 Å². The smallest absolute Gasteiger partial charge is 0.264 e. The number of para-hydroxylation sites is 1. The van der Waals surface area contributed by atoms with E-state index < -0.39 is 0 Å². The van der Waals surface area contributed by atoms with Gasteiger partial charge in [0.25, 0.3) is 5.91 Å². The third-order valence-electron chi connectivity index (χ3n) is 4.77. The van der Waals surface area contributed by atoms with Gasteiger partial charge in [-0.05, 0) is 74.5 Å². The van der Waals surface area contributed by atoms with Gasteiger partial charge < -0.3 is 9.88 Å². The number of aryl methyl sites for hydroxylation is 2. The van der Waals surface area contributed by atoms with Crippen molar-refractivity contribution in [3.63, 3.8) is 0 Å². The standard InChI is InChI=1S/C23H20FN3OS/c1-14-8-10-18(11-9-14)25-23-26-22(28)21(29-23)13-17-12-15(2)27(16(17)3)20-7-5-4-6-19(20)24/h4-13H,1-3H3,(H,25,26,28)/b21-13+. The summed E-state index contributed by atoms with van der Waals surface area (Å²) in [5, 5.41) is 3.36. The van der Waals surface area contributed by atoms with Crippen molar-refractivity contribution in [2.24, 2.45) is 4.99 Å². The summed E-state index contributed by atoms with van der Waals surface area (Å²) in [7, 11) is 0. The second kappa shape index (κ2) is 7.72. The summed E-state index contributed by atoms with van der Waals surface area (Å²) < 4.78 is 16.1. The van der Waals surface area contributed by atoms with Crippen LogP contribution in [0.25, 0.3) is 11.8 Å². The van der Waals surface area contributed by atoms with Crippen LogP contribution in [0.5, 0.6) is 0 Å². The first-order valence-corrected chi connectivity index (χ1v) is 10.0. The Morgan fingerprint density at radius 1 is 1.07 bits per heavy atom. The average molecular weight is 405 g/mol. The van der Waals surface area contributed by atoms with Crippen molar-refractivity contribution in [2.45, 2.75) is 20.8 Å². The van der Waals surface area contributed by atoms with E-state index >= 15 is 0 Å². The Bertz CT molecular complexity index is 1160. The number of carbonyl (C=O) groups excluding carboxylic acids is 1. The van der Waals surface area contributed by atoms with Crippen LogP contribution >= 0.6 is 11.8 Å². The summed E-state index contributed by atoms with van der Waals surface area (Å²) in [4.78, 5) is 17.5. The fraction of sp³-hybridized carbons (Fsp3) is 0.130. The van der Waals surface area contributed by atoms with Crippen molar-refractivity contribution in [3.8, 4) is 5.69 Å². The minimum absolute atomic E-state index is 0.184. The largest absolute Gasteiger partial charge is 0.315 e. The number of nitrogens with zero attached hydrogens (tertiary/aromatic N) is 2. The molecule has 3 aromatic rings. The molecule has 1 aliphatic rings. The maximum absolute atomic E-state index is 14.3. The Morgan fingerprint density at radius 3 is 2.52 bits per heavy atom. The van der Waals surface area contributed by atoms with E-state index in [4.69, 9.17) is 0 Å². The van der Waals surface area contributed by atoms with E-state index in [-0.39, 0.29) is 11.7 Å². The minimum Gasteiger partial charge on any atom is -0.315 e. The van der Waals surface area contributed by atoms with Gasteiger partial charge in [-0.1, -0.05) is 29.8 Å². The Balaban J connectivity index is 1.65. The predicted molar refractivity (Wildman–Crippen MR) is 117 cm³/mol. The van der Waals surface area contributed by atoms with Crippen molar-refractivity contribution < 1.29 is 9.18 Å². The number of carbonyl (C=O) groups is 1. The Morgan fingerprint density at radius 2 is 1.79 bits per heavy atom. The van der Waals surface area contributed by atoms with E-state index in [1.54, 1.807) is 12.1 Å². The van der Waals surface area contributed by atoms with Crippen molar-refractivity contribution in [1.82, 2.24) is 9.88 Å². The van der Waals surface area contributed by atoms with E-state index in [0.29, 0.717) is 15.8 Å². The van der Waals surface area contributed by atoms with Crippen molar-refractivity contribution in [3.05, 3.63) is 87.8 Å². The van der Waals surface area contributed by atoms with Crippen molar-refractivity contribution in [1.29, 1.82) is 0 Å². The number of thioether (sulfide) groups is 1. The van der Waals surface area contributed by atoms with Crippen LogP contribution in [0, 0.1) is 26.6 Å². The van der Waals surface area contributed by atoms with Crippen molar-refractivity contribution in [2.75, 3.05) is 0 Å². The summed E-state index contributed by atoms with van der Waals surface area (Å²) >= 11 is 1.30. The Kier molecular flexibility index (Phi) is 5.11. The van der Waals surface area contributed by atoms with Crippen LogP contribution in [-0.4, -0.2) is 15.6 Å². The van der Waals surface area contributed by atoms with Crippen LogP contribution in [0.2, 0.25) is 0 Å². The molecule has 1 saturated heterocycles. The molecule has 0 unspecified atom stereocenters. The van der Waals surface area contributed by atoms with E-state index in [0.717, 1.165) is 28.2 Å². The van der Waals surface area contributed by atoms with Gasteiger partial charge >= 0.3 is 0 Å². The molecule has 2 heterocycles. The third kappa shape index (κ3) is 3.89. The molecule has 0 bridgehead atoms. The number of hydrogen-bond acceptors (Lipinski definition) is 3. The highest BCUT2D eigenvalue weighted by Crippen LogP contribution is 2.31. The summed E-state index contributed by atoms with van der Waals surface area (Å²) in [6.45, 7) is 5.86. The molecule has 1 aliphatic heterocycles. The lowest BCUT2D eigenvalue weighted by atomic mass is 10.2. The zero-order chi connectivity index (χ0) is 20.5. The highest BCUT2D eigenvalue weighted by Gasteiger charge is 2.24. The van der Waals surface area contributed by atoms with E-state index in [2.05, 4.69) is 10.3 Å². The summed E-state index contributed by atoms with van der Waals surface area (Å²) in [5.41, 5.74) is 5.09. The summed E-state index contributed by atoms with van der Waals surface area (Å²) in [6.07, 6.45) is 1.83. The number of nitrogens with one attached hydrogen (secondary N) is 1. The molecule has 6 heteroatoms. The third-order valence-corrected chi connectivity index (χ3v) is 5.68. The molecular formula is C23H20FN3OS. The van der Waals surface area contributed by atoms with Crippen LogP contribution < -0.4 is 5.32 Å². The molecular weight excluding hydrogens is 385 g/mol. The average Bonchev–Trinajstić information content (AvgIpc) is 3.17. The number of amides is 1. The molecule has 1 aromatic heterocycles. The minimum atomic E-state index is -0.283. The van der Waals surface area contributed by atoms with Crippen LogP contribution in [-0.2, 0) is 4.79 Å². The summed E-state index contributed by atoms with van der Waals surface area (Å²) in [6, 6.07) is 16.4. The predicted octanol–water partition coefficient (Wildman–Crippen LogP) is 5.43. The molecule has 0 atom stereocenters. The van der Waals surface area contributed by atoms with E-state index in [9.17, 15) is 9.18 Å². The zero-order valence-corrected chi connectivity index (χ0v) is 17.2. The number of hydrogen-bond donors (Lipinski definition) is 1. The maximum atomic E-state index is 14.3. The quantitative estimate of drug-likeness (QED) is 0.591. The lowest BCUT2D eigenvalue weighted by Crippen LogP contribution is -2.19. The molecule has 0 radical (unpaired) electrons. The molecule has 1 amide bonds. The lowest BCUT2D eigenvalue weighted by molar-refractivity contribution is -0.115. The molecule has 2 aromatic carbocycles. The summed E-state index contributed by atoms with van der Waals surface area (Å²) in [5.74, 6) is -0.467. The van der Waals surface area contributed by atoms with Gasteiger partial charge in [-0.3, -0.25) is 4.79 Å². The molecule has 1 N–H and O–H groups in total. The van der Waals surface area contributed by atoms with Crippen LogP contribution in [0.15, 0.2) is 64.5 Å². The van der Waals surface area contributed by atoms with Crippen LogP contribution in [0.1, 0.15) is 22.5 Å². The van der Waals surface area contributed by atoms with Gasteiger partial charge in [0.15, 0.2) is 5.17 Å². The zero-order valence-electron chi connectivity index (χ0n) is 16.4. The molecule has 0 spiro atoms. The molecule has 1 fully saturated rings. The first-order chi connectivity index (χ1) is 13.9. The first kappa shape index (κ1) is 19.2. The first-order valence-electron chi connectivity index (χ1n) is 9.22. The fourth-order valence-corrected chi connectivity index (χ4v) is 4.13. The molecule has 0 aliphatic carbocycles.